The Bertz CT molecular complexity index is 631. The van der Waals surface area contributed by atoms with Gasteiger partial charge in [0.1, 0.15) is 0 Å². The van der Waals surface area contributed by atoms with Crippen LogP contribution in [-0.4, -0.2) is 26.9 Å². The van der Waals surface area contributed by atoms with Crippen molar-refractivity contribution >= 4 is 31.9 Å². The zero-order valence-corrected chi connectivity index (χ0v) is 15.6. The van der Waals surface area contributed by atoms with Crippen LogP contribution in [0.25, 0.3) is 0 Å². The fraction of sp³-hybridized carbons (Fsp3) is 0.562. The first-order valence-electron chi connectivity index (χ1n) is 7.91. The van der Waals surface area contributed by atoms with Crippen molar-refractivity contribution in [3.05, 3.63) is 28.7 Å². The number of amides is 1. The topological polar surface area (TPSA) is 75.3 Å². The maximum absolute atomic E-state index is 12.1. The predicted molar refractivity (Wildman–Crippen MR) is 93.5 cm³/mol. The van der Waals surface area contributed by atoms with Gasteiger partial charge in [0.25, 0.3) is 0 Å². The Labute approximate surface area is 146 Å². The van der Waals surface area contributed by atoms with Crippen molar-refractivity contribution in [1.29, 1.82) is 0 Å². The molecule has 1 aliphatic carbocycles. The first kappa shape index (κ1) is 18.4. The van der Waals surface area contributed by atoms with Crippen LogP contribution in [-0.2, 0) is 14.8 Å². The second-order valence-corrected chi connectivity index (χ2v) is 8.82. The molecule has 1 saturated carbocycles. The third-order valence-electron chi connectivity index (χ3n) is 4.07. The average Bonchev–Trinajstić information content (AvgIpc) is 2.47. The van der Waals surface area contributed by atoms with Crippen LogP contribution in [0.2, 0.25) is 0 Å². The monoisotopic (exact) mass is 402 g/mol. The van der Waals surface area contributed by atoms with Gasteiger partial charge in [-0.25, -0.2) is 13.1 Å². The van der Waals surface area contributed by atoms with E-state index in [9.17, 15) is 13.2 Å². The number of rotatable bonds is 6. The summed E-state index contributed by atoms with van der Waals surface area (Å²) in [5.74, 6) is 0.549. The van der Waals surface area contributed by atoms with Crippen LogP contribution in [0.4, 0.5) is 0 Å². The van der Waals surface area contributed by atoms with E-state index in [0.717, 1.165) is 23.7 Å². The number of carbonyl (C=O) groups is 1. The van der Waals surface area contributed by atoms with E-state index in [2.05, 4.69) is 32.9 Å². The highest BCUT2D eigenvalue weighted by Gasteiger charge is 2.20. The summed E-state index contributed by atoms with van der Waals surface area (Å²) >= 11 is 3.27. The molecule has 5 nitrogen and oxygen atoms in total. The Balaban J connectivity index is 1.77. The van der Waals surface area contributed by atoms with E-state index in [1.165, 1.54) is 18.6 Å². The Morgan fingerprint density at radius 2 is 1.96 bits per heavy atom. The Morgan fingerprint density at radius 3 is 2.61 bits per heavy atom. The molecule has 0 radical (unpaired) electrons. The molecule has 2 unspecified atom stereocenters. The van der Waals surface area contributed by atoms with Crippen LogP contribution in [0.3, 0.4) is 0 Å². The molecule has 2 atom stereocenters. The van der Waals surface area contributed by atoms with Gasteiger partial charge in [-0.1, -0.05) is 35.7 Å². The summed E-state index contributed by atoms with van der Waals surface area (Å²) in [6.45, 7) is 2.30. The summed E-state index contributed by atoms with van der Waals surface area (Å²) in [6.07, 6.45) is 4.54. The van der Waals surface area contributed by atoms with Gasteiger partial charge in [-0.05, 0) is 43.0 Å². The molecule has 0 aromatic heterocycles. The third-order valence-corrected chi connectivity index (χ3v) is 6.08. The second-order valence-electron chi connectivity index (χ2n) is 6.14. The fourth-order valence-electron chi connectivity index (χ4n) is 2.86. The lowest BCUT2D eigenvalue weighted by atomic mass is 9.87. The predicted octanol–water partition coefficient (Wildman–Crippen LogP) is 2.81. The molecule has 1 fully saturated rings. The zero-order valence-electron chi connectivity index (χ0n) is 13.2. The zero-order chi connectivity index (χ0) is 16.9. The number of carbonyl (C=O) groups excluding carboxylic acids is 1. The van der Waals surface area contributed by atoms with Gasteiger partial charge in [-0.3, -0.25) is 4.79 Å². The Morgan fingerprint density at radius 1 is 1.26 bits per heavy atom. The summed E-state index contributed by atoms with van der Waals surface area (Å²) in [5, 5.41) is 3.00. The van der Waals surface area contributed by atoms with E-state index in [1.54, 1.807) is 12.1 Å². The van der Waals surface area contributed by atoms with Crippen molar-refractivity contribution in [1.82, 2.24) is 10.0 Å². The lowest BCUT2D eigenvalue weighted by Crippen LogP contribution is -2.39. The van der Waals surface area contributed by atoms with Crippen molar-refractivity contribution < 1.29 is 13.2 Å². The third kappa shape index (κ3) is 5.90. The van der Waals surface area contributed by atoms with Crippen molar-refractivity contribution in [3.8, 4) is 0 Å². The van der Waals surface area contributed by atoms with Crippen molar-refractivity contribution in [3.63, 3.8) is 0 Å². The first-order valence-corrected chi connectivity index (χ1v) is 10.2. The molecular weight excluding hydrogens is 380 g/mol. The van der Waals surface area contributed by atoms with Crippen molar-refractivity contribution in [2.45, 2.75) is 50.0 Å². The van der Waals surface area contributed by atoms with Gasteiger partial charge >= 0.3 is 0 Å². The number of hydrogen-bond donors (Lipinski definition) is 2. The average molecular weight is 403 g/mol. The van der Waals surface area contributed by atoms with Gasteiger partial charge in [0, 0.05) is 23.5 Å². The van der Waals surface area contributed by atoms with Crippen molar-refractivity contribution in [2.75, 3.05) is 6.54 Å². The van der Waals surface area contributed by atoms with E-state index in [4.69, 9.17) is 0 Å². The minimum absolute atomic E-state index is 0.0948. The van der Waals surface area contributed by atoms with E-state index >= 15 is 0 Å². The smallest absolute Gasteiger partial charge is 0.240 e. The minimum atomic E-state index is -3.57. The molecule has 1 aromatic rings. The lowest BCUT2D eigenvalue weighted by molar-refractivity contribution is -0.121. The molecule has 2 rings (SSSR count). The van der Waals surface area contributed by atoms with E-state index in [0.29, 0.717) is 5.92 Å². The molecule has 2 N–H and O–H groups in total. The first-order chi connectivity index (χ1) is 10.9. The fourth-order valence-corrected chi connectivity index (χ4v) is 4.16. The molecule has 0 bridgehead atoms. The molecule has 23 heavy (non-hydrogen) atoms. The number of sulfonamides is 1. The van der Waals surface area contributed by atoms with Gasteiger partial charge in [-0.2, -0.15) is 0 Å². The number of nitrogens with one attached hydrogen (secondary N) is 2. The number of halogens is 1. The highest BCUT2D eigenvalue weighted by Crippen LogP contribution is 2.23. The molecule has 7 heteroatoms. The highest BCUT2D eigenvalue weighted by atomic mass is 79.9. The Hall–Kier alpha value is -0.920. The number of hydrogen-bond acceptors (Lipinski definition) is 3. The van der Waals surface area contributed by atoms with Gasteiger partial charge in [0.15, 0.2) is 0 Å². The standard InChI is InChI=1S/C16H23BrN2O3S/c1-12-3-2-4-14(11-12)19-16(20)9-10-18-23(21,22)15-7-5-13(17)6-8-15/h5-8,12,14,18H,2-4,9-11H2,1H3,(H,19,20). The maximum Gasteiger partial charge on any atom is 0.240 e. The minimum Gasteiger partial charge on any atom is -0.353 e. The normalized spacial score (nSPS) is 21.8. The quantitative estimate of drug-likeness (QED) is 0.767. The van der Waals surface area contributed by atoms with E-state index < -0.39 is 10.0 Å². The largest absolute Gasteiger partial charge is 0.353 e. The molecule has 1 aromatic carbocycles. The summed E-state index contributed by atoms with van der Waals surface area (Å²) in [4.78, 5) is 12.1. The summed E-state index contributed by atoms with van der Waals surface area (Å²) in [6, 6.07) is 6.62. The molecule has 128 valence electrons. The van der Waals surface area contributed by atoms with Crippen LogP contribution in [0.1, 0.15) is 39.0 Å². The molecule has 0 heterocycles. The van der Waals surface area contributed by atoms with Crippen molar-refractivity contribution in [2.24, 2.45) is 5.92 Å². The molecule has 1 amide bonds. The maximum atomic E-state index is 12.1. The summed E-state index contributed by atoms with van der Waals surface area (Å²) in [7, 11) is -3.57. The molecule has 1 aliphatic rings. The molecule has 0 spiro atoms. The van der Waals surface area contributed by atoms with Gasteiger partial charge in [-0.15, -0.1) is 0 Å². The van der Waals surface area contributed by atoms with Crippen LogP contribution < -0.4 is 10.0 Å². The van der Waals surface area contributed by atoms with Gasteiger partial charge in [0.05, 0.1) is 4.90 Å². The molecule has 0 saturated heterocycles. The summed E-state index contributed by atoms with van der Waals surface area (Å²) in [5.41, 5.74) is 0. The number of benzene rings is 1. The second kappa shape index (κ2) is 8.26. The summed E-state index contributed by atoms with van der Waals surface area (Å²) < 4.78 is 27.5. The van der Waals surface area contributed by atoms with Crippen LogP contribution in [0.5, 0.6) is 0 Å². The highest BCUT2D eigenvalue weighted by molar-refractivity contribution is 9.10. The van der Waals surface area contributed by atoms with Crippen LogP contribution in [0, 0.1) is 5.92 Å². The van der Waals surface area contributed by atoms with Crippen LogP contribution in [0.15, 0.2) is 33.6 Å². The Kier molecular flexibility index (Phi) is 6.61. The lowest BCUT2D eigenvalue weighted by Gasteiger charge is -2.27. The molecule has 0 aliphatic heterocycles. The van der Waals surface area contributed by atoms with E-state index in [-0.39, 0.29) is 29.8 Å². The molecular formula is C16H23BrN2O3S. The SMILES string of the molecule is CC1CCCC(NC(=O)CCNS(=O)(=O)c2ccc(Br)cc2)C1. The van der Waals surface area contributed by atoms with Gasteiger partial charge < -0.3 is 5.32 Å². The van der Waals surface area contributed by atoms with Gasteiger partial charge in [0.2, 0.25) is 15.9 Å². The van der Waals surface area contributed by atoms with E-state index in [1.807, 2.05) is 0 Å². The van der Waals surface area contributed by atoms with Crippen LogP contribution >= 0.6 is 15.9 Å².